The summed E-state index contributed by atoms with van der Waals surface area (Å²) in [6.45, 7) is 12.1. The first-order valence-corrected chi connectivity index (χ1v) is 15.2. The Bertz CT molecular complexity index is 1650. The Morgan fingerprint density at radius 3 is 2.35 bits per heavy atom. The number of piperidine rings is 1. The molecule has 2 N–H and O–H groups in total. The number of likely N-dealkylation sites (tertiary alicyclic amines) is 1. The van der Waals surface area contributed by atoms with Crippen molar-refractivity contribution >= 4 is 29.1 Å². The predicted octanol–water partition coefficient (Wildman–Crippen LogP) is 6.94. The zero-order valence-corrected chi connectivity index (χ0v) is 25.3. The van der Waals surface area contributed by atoms with E-state index in [1.807, 2.05) is 43.2 Å². The molecule has 8 heteroatoms. The Kier molecular flexibility index (Phi) is 8.23. The molecular formula is C35H39FN6O. The van der Waals surface area contributed by atoms with Gasteiger partial charge in [-0.2, -0.15) is 9.37 Å². The fourth-order valence-electron chi connectivity index (χ4n) is 6.38. The van der Waals surface area contributed by atoms with Crippen molar-refractivity contribution < 1.29 is 9.50 Å². The average Bonchev–Trinajstić information content (AvgIpc) is 3.01. The van der Waals surface area contributed by atoms with Gasteiger partial charge in [-0.05, 0) is 112 Å². The van der Waals surface area contributed by atoms with Gasteiger partial charge in [0.15, 0.2) is 6.23 Å². The average molecular weight is 579 g/mol. The van der Waals surface area contributed by atoms with Gasteiger partial charge in [0.25, 0.3) is 0 Å². The maximum atomic E-state index is 13.6. The van der Waals surface area contributed by atoms with Gasteiger partial charge in [0.2, 0.25) is 11.9 Å². The van der Waals surface area contributed by atoms with E-state index in [1.54, 1.807) is 13.0 Å². The molecule has 4 aromatic rings. The van der Waals surface area contributed by atoms with Crippen LogP contribution in [0.2, 0.25) is 0 Å². The number of aromatic nitrogens is 3. The SMILES string of the molecule is CCN1CCC(c2ccc(Nc3ncc4c(n3)N(CC)C(O)C(c3ccc(-c5ccc(F)nc5C)cc3C)=C4)cc2)CC1. The minimum absolute atomic E-state index is 0.486. The van der Waals surface area contributed by atoms with Gasteiger partial charge in [-0.3, -0.25) is 0 Å². The lowest BCUT2D eigenvalue weighted by atomic mass is 9.89. The molecular weight excluding hydrogens is 539 g/mol. The summed E-state index contributed by atoms with van der Waals surface area (Å²) in [5, 5.41) is 14.9. The first-order chi connectivity index (χ1) is 20.8. The van der Waals surface area contributed by atoms with Gasteiger partial charge in [-0.1, -0.05) is 37.3 Å². The quantitative estimate of drug-likeness (QED) is 0.230. The molecule has 1 unspecified atom stereocenters. The van der Waals surface area contributed by atoms with Crippen LogP contribution in [0.3, 0.4) is 0 Å². The second kappa shape index (κ2) is 12.2. The van der Waals surface area contributed by atoms with Gasteiger partial charge in [0.1, 0.15) is 5.82 Å². The van der Waals surface area contributed by atoms with Crippen LogP contribution in [0.5, 0.6) is 0 Å². The van der Waals surface area contributed by atoms with Crippen molar-refractivity contribution in [3.63, 3.8) is 0 Å². The van der Waals surface area contributed by atoms with E-state index in [2.05, 4.69) is 57.4 Å². The summed E-state index contributed by atoms with van der Waals surface area (Å²) in [5.74, 6) is 1.31. The number of aliphatic hydroxyl groups excluding tert-OH is 1. The third kappa shape index (κ3) is 5.90. The smallest absolute Gasteiger partial charge is 0.229 e. The molecule has 0 spiro atoms. The summed E-state index contributed by atoms with van der Waals surface area (Å²) in [7, 11) is 0. The highest BCUT2D eigenvalue weighted by atomic mass is 19.1. The van der Waals surface area contributed by atoms with Gasteiger partial charge in [0.05, 0.1) is 0 Å². The molecule has 1 saturated heterocycles. The van der Waals surface area contributed by atoms with Gasteiger partial charge < -0.3 is 20.2 Å². The van der Waals surface area contributed by atoms with E-state index >= 15 is 0 Å². The Hall–Kier alpha value is -4.14. The topological polar surface area (TPSA) is 77.4 Å². The molecule has 1 fully saturated rings. The number of benzene rings is 2. The van der Waals surface area contributed by atoms with E-state index < -0.39 is 12.2 Å². The molecule has 2 aliphatic rings. The van der Waals surface area contributed by atoms with Crippen LogP contribution < -0.4 is 10.2 Å². The fraction of sp³-hybridized carbons (Fsp3) is 0.343. The Labute approximate surface area is 253 Å². The molecule has 1 atom stereocenters. The number of likely N-dealkylation sites (N-methyl/N-ethyl adjacent to an activating group) is 1. The molecule has 4 heterocycles. The summed E-state index contributed by atoms with van der Waals surface area (Å²) < 4.78 is 13.6. The number of nitrogens with zero attached hydrogens (tertiary/aromatic N) is 5. The van der Waals surface area contributed by atoms with Crippen LogP contribution in [-0.4, -0.2) is 57.4 Å². The zero-order chi connectivity index (χ0) is 30.1. The van der Waals surface area contributed by atoms with E-state index in [0.29, 0.717) is 29.9 Å². The molecule has 7 nitrogen and oxygen atoms in total. The minimum Gasteiger partial charge on any atom is -0.369 e. The van der Waals surface area contributed by atoms with Crippen LogP contribution in [0.1, 0.15) is 60.6 Å². The molecule has 0 amide bonds. The zero-order valence-electron chi connectivity index (χ0n) is 25.3. The number of anilines is 3. The number of nitrogens with one attached hydrogen (secondary N) is 1. The van der Waals surface area contributed by atoms with Crippen molar-refractivity contribution in [3.8, 4) is 11.1 Å². The number of pyridine rings is 1. The highest BCUT2D eigenvalue weighted by molar-refractivity contribution is 5.92. The van der Waals surface area contributed by atoms with Crippen molar-refractivity contribution in [1.29, 1.82) is 0 Å². The first kappa shape index (κ1) is 29.0. The molecule has 0 saturated carbocycles. The van der Waals surface area contributed by atoms with Gasteiger partial charge in [-0.15, -0.1) is 0 Å². The molecule has 0 radical (unpaired) electrons. The van der Waals surface area contributed by atoms with E-state index in [9.17, 15) is 9.50 Å². The number of aliphatic hydroxyl groups is 1. The number of aryl methyl sites for hydroxylation is 2. The summed E-state index contributed by atoms with van der Waals surface area (Å²) in [6, 6.07) is 17.8. The summed E-state index contributed by atoms with van der Waals surface area (Å²) in [6.07, 6.45) is 5.33. The van der Waals surface area contributed by atoms with Crippen LogP contribution >= 0.6 is 0 Å². The number of hydrogen-bond acceptors (Lipinski definition) is 7. The minimum atomic E-state index is -0.863. The molecule has 2 aromatic heterocycles. The van der Waals surface area contributed by atoms with Crippen molar-refractivity contribution in [3.05, 3.63) is 94.7 Å². The first-order valence-electron chi connectivity index (χ1n) is 15.2. The number of rotatable bonds is 7. The Morgan fingerprint density at radius 2 is 1.67 bits per heavy atom. The van der Waals surface area contributed by atoms with Crippen LogP contribution in [0.25, 0.3) is 22.8 Å². The highest BCUT2D eigenvalue weighted by Crippen LogP contribution is 2.38. The van der Waals surface area contributed by atoms with Crippen molar-refractivity contribution in [1.82, 2.24) is 19.9 Å². The van der Waals surface area contributed by atoms with Gasteiger partial charge in [0, 0.05) is 40.8 Å². The maximum absolute atomic E-state index is 13.6. The molecule has 0 aliphatic carbocycles. The van der Waals surface area contributed by atoms with Crippen LogP contribution in [-0.2, 0) is 0 Å². The van der Waals surface area contributed by atoms with E-state index in [-0.39, 0.29) is 0 Å². The third-order valence-corrected chi connectivity index (χ3v) is 8.87. The summed E-state index contributed by atoms with van der Waals surface area (Å²) >= 11 is 0. The van der Waals surface area contributed by atoms with E-state index in [0.717, 1.165) is 45.6 Å². The van der Waals surface area contributed by atoms with Crippen LogP contribution in [0, 0.1) is 19.8 Å². The van der Waals surface area contributed by atoms with Gasteiger partial charge in [-0.25, -0.2) is 9.97 Å². The third-order valence-electron chi connectivity index (χ3n) is 8.87. The highest BCUT2D eigenvalue weighted by Gasteiger charge is 2.29. The molecule has 2 aromatic carbocycles. The lowest BCUT2D eigenvalue weighted by Crippen LogP contribution is -2.39. The van der Waals surface area contributed by atoms with E-state index in [1.165, 1.54) is 37.6 Å². The fourth-order valence-corrected chi connectivity index (χ4v) is 6.38. The van der Waals surface area contributed by atoms with Crippen molar-refractivity contribution in [2.75, 3.05) is 36.4 Å². The molecule has 222 valence electrons. The lowest BCUT2D eigenvalue weighted by molar-refractivity contribution is 0.222. The molecule has 0 bridgehead atoms. The molecule has 43 heavy (non-hydrogen) atoms. The predicted molar refractivity (Wildman–Crippen MR) is 172 cm³/mol. The molecule has 6 rings (SSSR count). The number of halogens is 1. The Balaban J connectivity index is 1.23. The normalized spacial score (nSPS) is 17.5. The number of hydrogen-bond donors (Lipinski definition) is 2. The second-order valence-electron chi connectivity index (χ2n) is 11.5. The van der Waals surface area contributed by atoms with Crippen molar-refractivity contribution in [2.24, 2.45) is 0 Å². The van der Waals surface area contributed by atoms with Crippen molar-refractivity contribution in [2.45, 2.75) is 52.7 Å². The second-order valence-corrected chi connectivity index (χ2v) is 11.5. The van der Waals surface area contributed by atoms with Crippen LogP contribution in [0.4, 0.5) is 21.8 Å². The van der Waals surface area contributed by atoms with Crippen LogP contribution in [0.15, 0.2) is 60.8 Å². The Morgan fingerprint density at radius 1 is 0.930 bits per heavy atom. The van der Waals surface area contributed by atoms with Gasteiger partial charge >= 0.3 is 0 Å². The lowest BCUT2D eigenvalue weighted by Gasteiger charge is -2.35. The summed E-state index contributed by atoms with van der Waals surface area (Å²) in [4.78, 5) is 17.8. The largest absolute Gasteiger partial charge is 0.369 e. The van der Waals surface area contributed by atoms with E-state index in [4.69, 9.17) is 4.98 Å². The molecule has 2 aliphatic heterocycles. The standard InChI is InChI=1S/C35H39FN6O/c1-5-41-17-15-25(16-18-41)24-7-10-28(11-8-24)39-35-37-21-27-20-31(34(43)42(6-2)33(27)40-35)29-12-9-26(19-22(29)3)30-13-14-32(36)38-23(30)4/h7-14,19-21,25,34,43H,5-6,15-18H2,1-4H3,(H,37,39,40). The summed E-state index contributed by atoms with van der Waals surface area (Å²) in [5.41, 5.74) is 8.39. The number of fused-ring (bicyclic) bond motifs is 1. The maximum Gasteiger partial charge on any atom is 0.229 e. The monoisotopic (exact) mass is 578 g/mol.